The van der Waals surface area contributed by atoms with Gasteiger partial charge in [-0.3, -0.25) is 9.59 Å². The van der Waals surface area contributed by atoms with Crippen molar-refractivity contribution in [3.8, 4) is 5.00 Å². The Kier molecular flexibility index (Phi) is 6.01. The lowest BCUT2D eigenvalue weighted by Gasteiger charge is -2.31. The topological polar surface area (TPSA) is 54.3 Å². The Labute approximate surface area is 197 Å². The van der Waals surface area contributed by atoms with Gasteiger partial charge in [-0.15, -0.1) is 11.3 Å². The molecule has 1 saturated heterocycles. The Balaban J connectivity index is 1.24. The Hall–Kier alpha value is -3.38. The minimum absolute atomic E-state index is 0.0127. The first kappa shape index (κ1) is 21.5. The number of benzene rings is 2. The summed E-state index contributed by atoms with van der Waals surface area (Å²) in [5.41, 5.74) is 3.41. The minimum atomic E-state index is -0.166. The highest BCUT2D eigenvalue weighted by atomic mass is 32.1. The van der Waals surface area contributed by atoms with E-state index < -0.39 is 0 Å². The monoisotopic (exact) mass is 457 g/mol. The molecular formula is C27H27N3O2S. The van der Waals surface area contributed by atoms with Gasteiger partial charge in [-0.05, 0) is 55.0 Å². The van der Waals surface area contributed by atoms with E-state index in [1.807, 2.05) is 66.6 Å². The van der Waals surface area contributed by atoms with Gasteiger partial charge < -0.3 is 14.8 Å². The zero-order valence-corrected chi connectivity index (χ0v) is 19.5. The molecular weight excluding hydrogens is 430 g/mol. The van der Waals surface area contributed by atoms with Gasteiger partial charge in [-0.1, -0.05) is 48.0 Å². The molecule has 2 amide bonds. The Morgan fingerprint density at radius 2 is 1.85 bits per heavy atom. The third-order valence-corrected chi connectivity index (χ3v) is 7.38. The van der Waals surface area contributed by atoms with Gasteiger partial charge in [0.1, 0.15) is 5.00 Å². The molecule has 1 unspecified atom stereocenters. The zero-order valence-electron chi connectivity index (χ0n) is 18.7. The number of thiophene rings is 1. The van der Waals surface area contributed by atoms with Gasteiger partial charge in [-0.25, -0.2) is 0 Å². The Morgan fingerprint density at radius 3 is 2.70 bits per heavy atom. The van der Waals surface area contributed by atoms with Crippen molar-refractivity contribution in [3.05, 3.63) is 88.9 Å². The van der Waals surface area contributed by atoms with Gasteiger partial charge >= 0.3 is 0 Å². The molecule has 0 radical (unpaired) electrons. The molecule has 5 rings (SSSR count). The average molecular weight is 458 g/mol. The van der Waals surface area contributed by atoms with E-state index in [0.717, 1.165) is 28.9 Å². The van der Waals surface area contributed by atoms with Crippen LogP contribution >= 0.6 is 11.3 Å². The number of para-hydroxylation sites is 1. The number of nitrogens with zero attached hydrogens (tertiary/aromatic N) is 2. The van der Waals surface area contributed by atoms with E-state index in [4.69, 9.17) is 0 Å². The smallest absolute Gasteiger partial charge is 0.264 e. The molecule has 1 atom stereocenters. The molecule has 0 aliphatic carbocycles. The Morgan fingerprint density at radius 1 is 1.03 bits per heavy atom. The van der Waals surface area contributed by atoms with Crippen molar-refractivity contribution in [2.75, 3.05) is 13.1 Å². The lowest BCUT2D eigenvalue weighted by molar-refractivity contribution is -0.126. The first-order chi connectivity index (χ1) is 16.1. The number of hydrogen-bond acceptors (Lipinski definition) is 3. The highest BCUT2D eigenvalue weighted by Crippen LogP contribution is 2.28. The van der Waals surface area contributed by atoms with Crippen LogP contribution in [0.4, 0.5) is 0 Å². The van der Waals surface area contributed by atoms with Crippen LogP contribution in [-0.4, -0.2) is 34.4 Å². The SMILES string of the molecule is Cc1ccc(CNC(=O)C2CCCN(C(=O)c3ccc(-n4ccc5ccccc54)s3)C2)cc1. The number of piperidine rings is 1. The van der Waals surface area contributed by atoms with E-state index in [0.29, 0.717) is 24.5 Å². The van der Waals surface area contributed by atoms with Crippen LogP contribution in [0.3, 0.4) is 0 Å². The molecule has 2 aromatic heterocycles. The Bertz CT molecular complexity index is 1290. The fourth-order valence-electron chi connectivity index (χ4n) is 4.42. The van der Waals surface area contributed by atoms with Crippen molar-refractivity contribution in [3.63, 3.8) is 0 Å². The van der Waals surface area contributed by atoms with Gasteiger partial charge in [0.25, 0.3) is 5.91 Å². The molecule has 1 fully saturated rings. The molecule has 0 spiro atoms. The predicted octanol–water partition coefficient (Wildman–Crippen LogP) is 5.17. The normalized spacial score (nSPS) is 16.2. The number of rotatable bonds is 5. The van der Waals surface area contributed by atoms with Crippen molar-refractivity contribution < 1.29 is 9.59 Å². The molecule has 0 saturated carbocycles. The van der Waals surface area contributed by atoms with Gasteiger partial charge in [0.15, 0.2) is 0 Å². The first-order valence-corrected chi connectivity index (χ1v) is 12.2. The lowest BCUT2D eigenvalue weighted by Crippen LogP contribution is -2.45. The summed E-state index contributed by atoms with van der Waals surface area (Å²) in [6, 6.07) is 22.4. The van der Waals surface area contributed by atoms with Crippen LogP contribution in [0, 0.1) is 12.8 Å². The van der Waals surface area contributed by atoms with Gasteiger partial charge in [-0.2, -0.15) is 0 Å². The highest BCUT2D eigenvalue weighted by Gasteiger charge is 2.29. The quantitative estimate of drug-likeness (QED) is 0.450. The lowest BCUT2D eigenvalue weighted by atomic mass is 9.97. The standard InChI is InChI=1S/C27H27N3O2S/c1-19-8-10-20(11-9-19)17-28-26(31)22-6-4-15-29(18-22)27(32)24-12-13-25(33-24)30-16-14-21-5-2-3-7-23(21)30/h2-3,5,7-14,16,22H,4,6,15,17-18H2,1H3,(H,28,31). The maximum atomic E-state index is 13.2. The minimum Gasteiger partial charge on any atom is -0.352 e. The van der Waals surface area contributed by atoms with Crippen LogP contribution in [0.15, 0.2) is 72.9 Å². The predicted molar refractivity (Wildman–Crippen MR) is 133 cm³/mol. The van der Waals surface area contributed by atoms with Crippen LogP contribution < -0.4 is 5.32 Å². The molecule has 0 bridgehead atoms. The maximum absolute atomic E-state index is 13.2. The third kappa shape index (κ3) is 4.57. The molecule has 5 nitrogen and oxygen atoms in total. The summed E-state index contributed by atoms with van der Waals surface area (Å²) in [4.78, 5) is 28.5. The van der Waals surface area contributed by atoms with Crippen molar-refractivity contribution in [1.29, 1.82) is 0 Å². The third-order valence-electron chi connectivity index (χ3n) is 6.31. The van der Waals surface area contributed by atoms with E-state index in [9.17, 15) is 9.59 Å². The van der Waals surface area contributed by atoms with E-state index >= 15 is 0 Å². The van der Waals surface area contributed by atoms with Gasteiger partial charge in [0, 0.05) is 25.8 Å². The summed E-state index contributed by atoms with van der Waals surface area (Å²) < 4.78 is 2.12. The number of carbonyl (C=O) groups excluding carboxylic acids is 2. The summed E-state index contributed by atoms with van der Waals surface area (Å²) in [7, 11) is 0. The summed E-state index contributed by atoms with van der Waals surface area (Å²) >= 11 is 1.50. The second-order valence-electron chi connectivity index (χ2n) is 8.68. The number of amides is 2. The van der Waals surface area contributed by atoms with Crippen LogP contribution in [-0.2, 0) is 11.3 Å². The molecule has 4 aromatic rings. The summed E-state index contributed by atoms with van der Waals surface area (Å²) in [5.74, 6) is -0.126. The second-order valence-corrected chi connectivity index (χ2v) is 9.74. The average Bonchev–Trinajstić information content (AvgIpc) is 3.50. The maximum Gasteiger partial charge on any atom is 0.264 e. The van der Waals surface area contributed by atoms with Crippen molar-refractivity contribution >= 4 is 34.1 Å². The molecule has 1 aliphatic heterocycles. The number of fused-ring (bicyclic) bond motifs is 1. The molecule has 3 heterocycles. The summed E-state index contributed by atoms with van der Waals surface area (Å²) in [5, 5.41) is 5.24. The molecule has 168 valence electrons. The highest BCUT2D eigenvalue weighted by molar-refractivity contribution is 7.16. The number of aryl methyl sites for hydroxylation is 1. The van der Waals surface area contributed by atoms with Gasteiger partial charge in [0.2, 0.25) is 5.91 Å². The number of hydrogen-bond donors (Lipinski definition) is 1. The van der Waals surface area contributed by atoms with Crippen molar-refractivity contribution in [2.24, 2.45) is 5.92 Å². The van der Waals surface area contributed by atoms with E-state index in [2.05, 4.69) is 28.1 Å². The molecule has 1 N–H and O–H groups in total. The molecule has 6 heteroatoms. The van der Waals surface area contributed by atoms with Gasteiger partial charge in [0.05, 0.1) is 16.3 Å². The van der Waals surface area contributed by atoms with Crippen LogP contribution in [0.5, 0.6) is 0 Å². The molecule has 33 heavy (non-hydrogen) atoms. The fraction of sp³-hybridized carbons (Fsp3) is 0.259. The van der Waals surface area contributed by atoms with E-state index in [1.54, 1.807) is 0 Å². The number of aromatic nitrogens is 1. The number of carbonyl (C=O) groups is 2. The van der Waals surface area contributed by atoms with Crippen molar-refractivity contribution in [1.82, 2.24) is 14.8 Å². The van der Waals surface area contributed by atoms with Crippen molar-refractivity contribution in [2.45, 2.75) is 26.3 Å². The van der Waals surface area contributed by atoms with Crippen LogP contribution in [0.2, 0.25) is 0 Å². The zero-order chi connectivity index (χ0) is 22.8. The second kappa shape index (κ2) is 9.24. The van der Waals surface area contributed by atoms with E-state index in [-0.39, 0.29) is 17.7 Å². The fourth-order valence-corrected chi connectivity index (χ4v) is 5.39. The summed E-state index contributed by atoms with van der Waals surface area (Å²) in [6.45, 7) is 3.73. The number of nitrogens with one attached hydrogen (secondary N) is 1. The first-order valence-electron chi connectivity index (χ1n) is 11.4. The van der Waals surface area contributed by atoms with E-state index in [1.165, 1.54) is 22.3 Å². The number of likely N-dealkylation sites (tertiary alicyclic amines) is 1. The largest absolute Gasteiger partial charge is 0.352 e. The van der Waals surface area contributed by atoms with Crippen LogP contribution in [0.1, 0.15) is 33.6 Å². The van der Waals surface area contributed by atoms with Crippen LogP contribution in [0.25, 0.3) is 15.9 Å². The summed E-state index contributed by atoms with van der Waals surface area (Å²) in [6.07, 6.45) is 3.70. The molecule has 1 aliphatic rings. The molecule has 2 aromatic carbocycles.